The fraction of sp³-hybridized carbons (Fsp3) is 0.500. The number of hydrogen-bond donors (Lipinski definition) is 0. The molecular formula is C22H29FN2O3. The molecule has 0 bridgehead atoms. The fourth-order valence-electron chi connectivity index (χ4n) is 3.99. The number of carbonyl (C=O) groups is 1. The highest BCUT2D eigenvalue weighted by Crippen LogP contribution is 2.25. The Hall–Kier alpha value is -2.18. The number of allylic oxidation sites excluding steroid dienone is 2. The molecule has 1 aromatic carbocycles. The molecule has 2 heterocycles. The van der Waals surface area contributed by atoms with Crippen LogP contribution in [0.3, 0.4) is 0 Å². The van der Waals surface area contributed by atoms with Gasteiger partial charge in [-0.3, -0.25) is 4.79 Å². The van der Waals surface area contributed by atoms with E-state index in [0.29, 0.717) is 5.56 Å². The third-order valence-electron chi connectivity index (χ3n) is 5.62. The molecule has 0 aromatic heterocycles. The second kappa shape index (κ2) is 9.34. The molecule has 1 fully saturated rings. The zero-order valence-corrected chi connectivity index (χ0v) is 16.9. The second-order valence-corrected chi connectivity index (χ2v) is 7.39. The maximum Gasteiger partial charge on any atom is 0.191 e. The topological polar surface area (TPSA) is 42.0 Å². The van der Waals surface area contributed by atoms with Crippen molar-refractivity contribution in [2.24, 2.45) is 5.92 Å². The van der Waals surface area contributed by atoms with Crippen molar-refractivity contribution in [2.75, 3.05) is 40.4 Å². The van der Waals surface area contributed by atoms with Crippen molar-refractivity contribution >= 4 is 5.78 Å². The van der Waals surface area contributed by atoms with Gasteiger partial charge in [-0.25, -0.2) is 4.39 Å². The number of carbonyl (C=O) groups excluding carboxylic acids is 1. The summed E-state index contributed by atoms with van der Waals surface area (Å²) in [6, 6.07) is 5.87. The van der Waals surface area contributed by atoms with Crippen LogP contribution in [0.1, 0.15) is 30.1 Å². The summed E-state index contributed by atoms with van der Waals surface area (Å²) in [6.45, 7) is 5.48. The maximum atomic E-state index is 13.1. The Labute approximate surface area is 166 Å². The Morgan fingerprint density at radius 3 is 2.39 bits per heavy atom. The van der Waals surface area contributed by atoms with Crippen LogP contribution in [0.25, 0.3) is 0 Å². The first-order valence-electron chi connectivity index (χ1n) is 9.77. The molecule has 1 unspecified atom stereocenters. The lowest BCUT2D eigenvalue weighted by Gasteiger charge is -2.38. The Balaban J connectivity index is 1.51. The molecule has 152 valence electrons. The van der Waals surface area contributed by atoms with Gasteiger partial charge in [0, 0.05) is 31.7 Å². The summed E-state index contributed by atoms with van der Waals surface area (Å²) >= 11 is 0. The quantitative estimate of drug-likeness (QED) is 0.670. The van der Waals surface area contributed by atoms with Gasteiger partial charge >= 0.3 is 0 Å². The number of methoxy groups -OCH3 is 2. The summed E-state index contributed by atoms with van der Waals surface area (Å²) in [6.07, 6.45) is 5.54. The van der Waals surface area contributed by atoms with Gasteiger partial charge in [-0.1, -0.05) is 6.08 Å². The number of piperidine rings is 1. The minimum Gasteiger partial charge on any atom is -0.482 e. The van der Waals surface area contributed by atoms with Gasteiger partial charge < -0.3 is 19.3 Å². The number of rotatable bonds is 7. The number of ketones is 1. The maximum absolute atomic E-state index is 13.1. The number of ether oxygens (including phenoxy) is 2. The van der Waals surface area contributed by atoms with Gasteiger partial charge in [-0.05, 0) is 68.8 Å². The molecule has 1 saturated heterocycles. The Bertz CT molecular complexity index is 737. The summed E-state index contributed by atoms with van der Waals surface area (Å²) < 4.78 is 24.2. The molecule has 0 spiro atoms. The molecule has 0 radical (unpaired) electrons. The number of likely N-dealkylation sites (tertiary alicyclic amines) is 1. The van der Waals surface area contributed by atoms with Crippen LogP contribution >= 0.6 is 0 Å². The Kier molecular flexibility index (Phi) is 6.86. The highest BCUT2D eigenvalue weighted by atomic mass is 19.1. The van der Waals surface area contributed by atoms with Crippen molar-refractivity contribution < 1.29 is 18.7 Å². The lowest BCUT2D eigenvalue weighted by atomic mass is 9.89. The van der Waals surface area contributed by atoms with Crippen LogP contribution in [-0.2, 0) is 9.47 Å². The summed E-state index contributed by atoms with van der Waals surface area (Å²) in [7, 11) is 3.38. The molecule has 1 aromatic rings. The predicted octanol–water partition coefficient (Wildman–Crippen LogP) is 3.44. The van der Waals surface area contributed by atoms with Crippen LogP contribution in [0, 0.1) is 11.7 Å². The molecule has 3 rings (SSSR count). The third-order valence-corrected chi connectivity index (χ3v) is 5.62. The van der Waals surface area contributed by atoms with Gasteiger partial charge in [0.1, 0.15) is 5.82 Å². The van der Waals surface area contributed by atoms with Crippen molar-refractivity contribution in [3.63, 3.8) is 0 Å². The van der Waals surface area contributed by atoms with Gasteiger partial charge in [0.15, 0.2) is 17.9 Å². The third kappa shape index (κ3) is 4.62. The molecule has 6 heteroatoms. The van der Waals surface area contributed by atoms with E-state index in [4.69, 9.17) is 9.47 Å². The van der Waals surface area contributed by atoms with E-state index in [1.807, 2.05) is 12.2 Å². The standard InChI is InChI=1S/C22H29FN2O3/c1-16-4-9-20(27-2)25(22(16)28-3)15-14-24-12-10-18(11-13-24)21(26)17-5-7-19(23)8-6-17/h4-9,18,22H,10-15H2,1-3H3. The largest absolute Gasteiger partial charge is 0.482 e. The van der Waals surface area contributed by atoms with E-state index in [2.05, 4.69) is 16.7 Å². The molecular weight excluding hydrogens is 359 g/mol. The van der Waals surface area contributed by atoms with E-state index in [-0.39, 0.29) is 23.7 Å². The van der Waals surface area contributed by atoms with Gasteiger partial charge in [0.25, 0.3) is 0 Å². The van der Waals surface area contributed by atoms with Crippen molar-refractivity contribution in [3.05, 3.63) is 59.3 Å². The van der Waals surface area contributed by atoms with Crippen molar-refractivity contribution in [1.82, 2.24) is 9.80 Å². The van der Waals surface area contributed by atoms with Crippen LogP contribution in [0.4, 0.5) is 4.39 Å². The van der Waals surface area contributed by atoms with Gasteiger partial charge in [-0.15, -0.1) is 0 Å². The second-order valence-electron chi connectivity index (χ2n) is 7.39. The summed E-state index contributed by atoms with van der Waals surface area (Å²) in [5, 5.41) is 0. The number of Topliss-reactive ketones (excluding diaryl/α,β-unsaturated/α-hetero) is 1. The zero-order valence-electron chi connectivity index (χ0n) is 16.9. The van der Waals surface area contributed by atoms with E-state index in [1.54, 1.807) is 26.4 Å². The summed E-state index contributed by atoms with van der Waals surface area (Å²) in [5.41, 5.74) is 1.75. The molecule has 1 atom stereocenters. The monoisotopic (exact) mass is 388 g/mol. The number of hydrogen-bond acceptors (Lipinski definition) is 5. The van der Waals surface area contributed by atoms with E-state index in [9.17, 15) is 9.18 Å². The molecule has 0 aliphatic carbocycles. The van der Waals surface area contributed by atoms with E-state index >= 15 is 0 Å². The van der Waals surface area contributed by atoms with Crippen LogP contribution in [0.2, 0.25) is 0 Å². The first-order valence-corrected chi connectivity index (χ1v) is 9.77. The van der Waals surface area contributed by atoms with Crippen molar-refractivity contribution in [1.29, 1.82) is 0 Å². The number of nitrogens with zero attached hydrogens (tertiary/aromatic N) is 2. The van der Waals surface area contributed by atoms with E-state index in [0.717, 1.165) is 50.5 Å². The lowest BCUT2D eigenvalue weighted by molar-refractivity contribution is -0.0265. The smallest absolute Gasteiger partial charge is 0.191 e. The highest BCUT2D eigenvalue weighted by Gasteiger charge is 2.29. The van der Waals surface area contributed by atoms with Crippen molar-refractivity contribution in [3.8, 4) is 0 Å². The molecule has 2 aliphatic rings. The van der Waals surface area contributed by atoms with Crippen LogP contribution < -0.4 is 0 Å². The normalized spacial score (nSPS) is 21.3. The average molecular weight is 388 g/mol. The Morgan fingerprint density at radius 1 is 1.11 bits per heavy atom. The molecule has 2 aliphatic heterocycles. The molecule has 0 amide bonds. The van der Waals surface area contributed by atoms with Crippen molar-refractivity contribution in [2.45, 2.75) is 26.0 Å². The minimum absolute atomic E-state index is 0.0167. The SMILES string of the molecule is COC1=CC=C(C)C(OC)N1CCN1CCC(C(=O)c2ccc(F)cc2)CC1. The molecule has 0 saturated carbocycles. The first-order chi connectivity index (χ1) is 13.5. The highest BCUT2D eigenvalue weighted by molar-refractivity contribution is 5.97. The van der Waals surface area contributed by atoms with E-state index in [1.165, 1.54) is 12.1 Å². The van der Waals surface area contributed by atoms with Gasteiger partial charge in [0.05, 0.1) is 7.11 Å². The van der Waals surface area contributed by atoms with Gasteiger partial charge in [0.2, 0.25) is 0 Å². The van der Waals surface area contributed by atoms with Crippen LogP contribution in [0.5, 0.6) is 0 Å². The summed E-state index contributed by atoms with van der Waals surface area (Å²) in [4.78, 5) is 17.1. The number of halogens is 1. The molecule has 5 nitrogen and oxygen atoms in total. The Morgan fingerprint density at radius 2 is 1.79 bits per heavy atom. The summed E-state index contributed by atoms with van der Waals surface area (Å²) in [5.74, 6) is 0.635. The van der Waals surface area contributed by atoms with Crippen LogP contribution in [-0.4, -0.2) is 62.2 Å². The van der Waals surface area contributed by atoms with Crippen LogP contribution in [0.15, 0.2) is 47.9 Å². The molecule has 28 heavy (non-hydrogen) atoms. The lowest BCUT2D eigenvalue weighted by Crippen LogP contribution is -2.45. The van der Waals surface area contributed by atoms with Gasteiger partial charge in [-0.2, -0.15) is 0 Å². The fourth-order valence-corrected chi connectivity index (χ4v) is 3.99. The molecule has 0 N–H and O–H groups in total. The zero-order chi connectivity index (χ0) is 20.1. The average Bonchev–Trinajstić information content (AvgIpc) is 2.72. The minimum atomic E-state index is -0.312. The van der Waals surface area contributed by atoms with E-state index < -0.39 is 0 Å². The number of benzene rings is 1. The first kappa shape index (κ1) is 20.6. The predicted molar refractivity (Wildman–Crippen MR) is 106 cm³/mol.